The lowest BCUT2D eigenvalue weighted by molar-refractivity contribution is -0.167. The predicted molar refractivity (Wildman–Crippen MR) is 247 cm³/mol. The van der Waals surface area contributed by atoms with Gasteiger partial charge in [0.1, 0.15) is 13.2 Å². The van der Waals surface area contributed by atoms with Crippen molar-refractivity contribution in [2.45, 2.75) is 291 Å². The summed E-state index contributed by atoms with van der Waals surface area (Å²) in [4.78, 5) is 37.9. The highest BCUT2D eigenvalue weighted by atomic mass is 16.6. The van der Waals surface area contributed by atoms with Crippen LogP contribution in [0, 0.1) is 11.8 Å². The van der Waals surface area contributed by atoms with Crippen LogP contribution < -0.4 is 0 Å². The minimum Gasteiger partial charge on any atom is -0.462 e. The van der Waals surface area contributed by atoms with E-state index in [2.05, 4.69) is 34.6 Å². The maximum Gasteiger partial charge on any atom is 0.306 e. The van der Waals surface area contributed by atoms with Gasteiger partial charge in [0.2, 0.25) is 0 Å². The van der Waals surface area contributed by atoms with Gasteiger partial charge in [0.05, 0.1) is 0 Å². The summed E-state index contributed by atoms with van der Waals surface area (Å²) in [6.07, 6.45) is 45.3. The molecule has 0 unspecified atom stereocenters. The Labute approximate surface area is 361 Å². The number of ether oxygens (including phenoxy) is 3. The van der Waals surface area contributed by atoms with Crippen LogP contribution in [0.4, 0.5) is 0 Å². The standard InChI is InChI=1S/C52H100O6/c1-6-7-8-9-10-11-12-13-14-15-16-17-20-23-26-32-37-42-50(53)56-45-49(46-57-51(54)43-38-33-29-28-31-36-41-48(4)5)58-52(55)44-39-34-27-24-21-18-19-22-25-30-35-40-47(2)3/h47-49H,6-46H2,1-5H3/t49-/m1/s1. The third kappa shape index (κ3) is 45.5. The lowest BCUT2D eigenvalue weighted by Crippen LogP contribution is -2.30. The molecule has 6 nitrogen and oxygen atoms in total. The summed E-state index contributed by atoms with van der Waals surface area (Å²) in [7, 11) is 0. The average Bonchev–Trinajstić information content (AvgIpc) is 3.19. The summed E-state index contributed by atoms with van der Waals surface area (Å²) in [6, 6.07) is 0. The van der Waals surface area contributed by atoms with Gasteiger partial charge in [0.15, 0.2) is 6.10 Å². The van der Waals surface area contributed by atoms with Crippen molar-refractivity contribution in [2.75, 3.05) is 13.2 Å². The van der Waals surface area contributed by atoms with Crippen molar-refractivity contribution in [2.24, 2.45) is 11.8 Å². The quantitative estimate of drug-likeness (QED) is 0.0346. The number of unbranched alkanes of at least 4 members (excludes halogenated alkanes) is 31. The third-order valence-electron chi connectivity index (χ3n) is 11.7. The molecular weight excluding hydrogens is 721 g/mol. The Kier molecular flexibility index (Phi) is 43.7. The Bertz CT molecular complexity index is 885. The van der Waals surface area contributed by atoms with Crippen LogP contribution in [-0.2, 0) is 28.6 Å². The number of rotatable bonds is 46. The lowest BCUT2D eigenvalue weighted by atomic mass is 10.0. The van der Waals surface area contributed by atoms with Crippen LogP contribution in [0.2, 0.25) is 0 Å². The number of esters is 3. The van der Waals surface area contributed by atoms with Gasteiger partial charge in [0, 0.05) is 19.3 Å². The first-order valence-corrected chi connectivity index (χ1v) is 25.7. The maximum atomic E-state index is 12.8. The first-order valence-electron chi connectivity index (χ1n) is 25.7. The monoisotopic (exact) mass is 821 g/mol. The molecule has 1 atom stereocenters. The van der Waals surface area contributed by atoms with E-state index in [-0.39, 0.29) is 31.1 Å². The second-order valence-corrected chi connectivity index (χ2v) is 18.8. The van der Waals surface area contributed by atoms with Gasteiger partial charge in [-0.3, -0.25) is 14.4 Å². The van der Waals surface area contributed by atoms with E-state index < -0.39 is 6.10 Å². The van der Waals surface area contributed by atoms with E-state index in [1.165, 1.54) is 173 Å². The molecule has 0 spiro atoms. The van der Waals surface area contributed by atoms with E-state index in [0.29, 0.717) is 19.3 Å². The van der Waals surface area contributed by atoms with Crippen molar-refractivity contribution in [1.82, 2.24) is 0 Å². The third-order valence-corrected chi connectivity index (χ3v) is 11.7. The van der Waals surface area contributed by atoms with Crippen LogP contribution in [0.5, 0.6) is 0 Å². The minimum atomic E-state index is -0.762. The summed E-state index contributed by atoms with van der Waals surface area (Å²) >= 11 is 0. The van der Waals surface area contributed by atoms with Crippen molar-refractivity contribution < 1.29 is 28.6 Å². The average molecular weight is 821 g/mol. The fourth-order valence-electron chi connectivity index (χ4n) is 7.81. The van der Waals surface area contributed by atoms with Crippen molar-refractivity contribution in [1.29, 1.82) is 0 Å². The second-order valence-electron chi connectivity index (χ2n) is 18.8. The number of hydrogen-bond donors (Lipinski definition) is 0. The molecule has 0 bridgehead atoms. The fraction of sp³-hybridized carbons (Fsp3) is 0.942. The van der Waals surface area contributed by atoms with Crippen LogP contribution >= 0.6 is 0 Å². The Morgan fingerprint density at radius 1 is 0.328 bits per heavy atom. The Balaban J connectivity index is 4.26. The maximum absolute atomic E-state index is 12.8. The molecule has 0 rings (SSSR count). The zero-order chi connectivity index (χ0) is 42.6. The van der Waals surface area contributed by atoms with E-state index in [4.69, 9.17) is 14.2 Å². The molecule has 0 aromatic heterocycles. The predicted octanol–water partition coefficient (Wildman–Crippen LogP) is 16.5. The summed E-state index contributed by atoms with van der Waals surface area (Å²) in [6.45, 7) is 11.3. The molecule has 0 N–H and O–H groups in total. The van der Waals surface area contributed by atoms with Crippen molar-refractivity contribution in [3.63, 3.8) is 0 Å². The molecule has 6 heteroatoms. The summed E-state index contributed by atoms with van der Waals surface area (Å²) < 4.78 is 16.8. The first-order chi connectivity index (χ1) is 28.2. The Hall–Kier alpha value is -1.59. The van der Waals surface area contributed by atoms with Gasteiger partial charge in [-0.25, -0.2) is 0 Å². The largest absolute Gasteiger partial charge is 0.462 e. The molecule has 344 valence electrons. The highest BCUT2D eigenvalue weighted by molar-refractivity contribution is 5.71. The van der Waals surface area contributed by atoms with Gasteiger partial charge in [-0.05, 0) is 31.1 Å². The highest BCUT2D eigenvalue weighted by Crippen LogP contribution is 2.17. The van der Waals surface area contributed by atoms with Gasteiger partial charge in [-0.2, -0.15) is 0 Å². The van der Waals surface area contributed by atoms with E-state index >= 15 is 0 Å². The first kappa shape index (κ1) is 56.4. The molecule has 0 fully saturated rings. The summed E-state index contributed by atoms with van der Waals surface area (Å²) in [5.41, 5.74) is 0. The zero-order valence-corrected chi connectivity index (χ0v) is 39.7. The Morgan fingerprint density at radius 3 is 0.845 bits per heavy atom. The topological polar surface area (TPSA) is 78.9 Å². The molecule has 58 heavy (non-hydrogen) atoms. The normalized spacial score (nSPS) is 12.1. The molecule has 0 saturated carbocycles. The van der Waals surface area contributed by atoms with E-state index in [1.807, 2.05) is 0 Å². The molecule has 0 aromatic carbocycles. The van der Waals surface area contributed by atoms with Gasteiger partial charge in [-0.15, -0.1) is 0 Å². The molecule has 0 aliphatic rings. The van der Waals surface area contributed by atoms with E-state index in [0.717, 1.165) is 69.6 Å². The van der Waals surface area contributed by atoms with Gasteiger partial charge in [0.25, 0.3) is 0 Å². The molecule has 0 radical (unpaired) electrons. The van der Waals surface area contributed by atoms with E-state index in [1.54, 1.807) is 0 Å². The van der Waals surface area contributed by atoms with Crippen molar-refractivity contribution >= 4 is 17.9 Å². The lowest BCUT2D eigenvalue weighted by Gasteiger charge is -2.18. The van der Waals surface area contributed by atoms with Gasteiger partial charge in [-0.1, -0.05) is 247 Å². The molecular formula is C52H100O6. The van der Waals surface area contributed by atoms with Crippen LogP contribution in [0.3, 0.4) is 0 Å². The van der Waals surface area contributed by atoms with Crippen LogP contribution in [0.15, 0.2) is 0 Å². The smallest absolute Gasteiger partial charge is 0.306 e. The van der Waals surface area contributed by atoms with E-state index in [9.17, 15) is 14.4 Å². The van der Waals surface area contributed by atoms with Crippen LogP contribution in [0.1, 0.15) is 285 Å². The van der Waals surface area contributed by atoms with Crippen molar-refractivity contribution in [3.8, 4) is 0 Å². The van der Waals surface area contributed by atoms with Gasteiger partial charge >= 0.3 is 17.9 Å². The molecule has 0 heterocycles. The van der Waals surface area contributed by atoms with Crippen molar-refractivity contribution in [3.05, 3.63) is 0 Å². The molecule has 0 aliphatic heterocycles. The molecule has 0 aromatic rings. The molecule has 0 amide bonds. The second kappa shape index (κ2) is 44.9. The minimum absolute atomic E-state index is 0.0646. The molecule has 0 saturated heterocycles. The summed E-state index contributed by atoms with van der Waals surface area (Å²) in [5.74, 6) is 0.734. The van der Waals surface area contributed by atoms with Crippen LogP contribution in [-0.4, -0.2) is 37.2 Å². The highest BCUT2D eigenvalue weighted by Gasteiger charge is 2.19. The number of hydrogen-bond acceptors (Lipinski definition) is 6. The Morgan fingerprint density at radius 2 is 0.569 bits per heavy atom. The summed E-state index contributed by atoms with van der Waals surface area (Å²) in [5, 5.41) is 0. The number of carbonyl (C=O) groups excluding carboxylic acids is 3. The fourth-order valence-corrected chi connectivity index (χ4v) is 7.81. The van der Waals surface area contributed by atoms with Gasteiger partial charge < -0.3 is 14.2 Å². The molecule has 0 aliphatic carbocycles. The SMILES string of the molecule is CCCCCCCCCCCCCCCCCCCC(=O)OC[C@H](COC(=O)CCCCCCCCC(C)C)OC(=O)CCCCCCCCCCCCCC(C)C. The number of carbonyl (C=O) groups is 3. The zero-order valence-electron chi connectivity index (χ0n) is 39.7. The van der Waals surface area contributed by atoms with Crippen LogP contribution in [0.25, 0.3) is 0 Å².